The molecule has 0 aliphatic carbocycles. The van der Waals surface area contributed by atoms with Gasteiger partial charge in [-0.2, -0.15) is 9.59 Å². The highest BCUT2D eigenvalue weighted by atomic mass is 79.9. The number of carboxylic acids is 1. The maximum Gasteiger partial charge on any atom is 0.359 e. The Morgan fingerprint density at radius 1 is 1.00 bits per heavy atom. The molecule has 2 saturated heterocycles. The fourth-order valence-corrected chi connectivity index (χ4v) is 3.44. The minimum atomic E-state index is -1.16. The SMILES string of the molecule is Clc1nn(CC2CCOC2)nc1Br.O=C(O)c1nn(CC2CCOC2)nc1Cl. The van der Waals surface area contributed by atoms with E-state index in [0.717, 1.165) is 39.2 Å². The Labute approximate surface area is 179 Å². The number of nitrogens with zero attached hydrogens (tertiary/aromatic N) is 6. The molecule has 2 atom stereocenters. The average molecular weight is 498 g/mol. The van der Waals surface area contributed by atoms with Crippen LogP contribution in [-0.4, -0.2) is 67.5 Å². The average Bonchev–Trinajstić information content (AvgIpc) is 3.41. The molecule has 0 bridgehead atoms. The van der Waals surface area contributed by atoms with Gasteiger partial charge in [-0.25, -0.2) is 4.79 Å². The highest BCUT2D eigenvalue weighted by Gasteiger charge is 2.21. The molecule has 154 valence electrons. The van der Waals surface area contributed by atoms with E-state index in [4.69, 9.17) is 37.8 Å². The maximum atomic E-state index is 10.6. The van der Waals surface area contributed by atoms with Gasteiger partial charge in [0.1, 0.15) is 0 Å². The highest BCUT2D eigenvalue weighted by Crippen LogP contribution is 2.19. The summed E-state index contributed by atoms with van der Waals surface area (Å²) in [6, 6.07) is 0. The number of aromatic carboxylic acids is 1. The van der Waals surface area contributed by atoms with Gasteiger partial charge in [0.25, 0.3) is 0 Å². The minimum Gasteiger partial charge on any atom is -0.476 e. The summed E-state index contributed by atoms with van der Waals surface area (Å²) in [5, 5.41) is 24.8. The maximum absolute atomic E-state index is 10.6. The van der Waals surface area contributed by atoms with Crippen LogP contribution in [-0.2, 0) is 22.6 Å². The number of halogens is 3. The first kappa shape index (κ1) is 21.4. The van der Waals surface area contributed by atoms with Crippen LogP contribution >= 0.6 is 39.1 Å². The summed E-state index contributed by atoms with van der Waals surface area (Å²) in [6.07, 6.45) is 2.03. The summed E-state index contributed by atoms with van der Waals surface area (Å²) in [6.45, 7) is 4.39. The third-order valence-electron chi connectivity index (χ3n) is 4.28. The molecule has 0 saturated carbocycles. The van der Waals surface area contributed by atoms with Crippen LogP contribution in [0.2, 0.25) is 10.3 Å². The lowest BCUT2D eigenvalue weighted by Crippen LogP contribution is -2.13. The molecule has 10 nitrogen and oxygen atoms in total. The Hall–Kier alpha value is -1.27. The van der Waals surface area contributed by atoms with Gasteiger partial charge in [-0.15, -0.1) is 20.4 Å². The summed E-state index contributed by atoms with van der Waals surface area (Å²) >= 11 is 14.6. The smallest absolute Gasteiger partial charge is 0.359 e. The van der Waals surface area contributed by atoms with Gasteiger partial charge in [0, 0.05) is 25.0 Å². The van der Waals surface area contributed by atoms with Crippen LogP contribution in [0.3, 0.4) is 0 Å². The first-order valence-electron chi connectivity index (χ1n) is 8.68. The molecular formula is C15H19BrCl2N6O4. The number of rotatable bonds is 5. The molecule has 4 rings (SSSR count). The Morgan fingerprint density at radius 2 is 1.54 bits per heavy atom. The van der Waals surface area contributed by atoms with Crippen LogP contribution in [0.25, 0.3) is 0 Å². The van der Waals surface area contributed by atoms with E-state index in [1.165, 1.54) is 4.80 Å². The summed E-state index contributed by atoms with van der Waals surface area (Å²) in [7, 11) is 0. The summed E-state index contributed by atoms with van der Waals surface area (Å²) in [5.74, 6) is -0.292. The zero-order valence-electron chi connectivity index (χ0n) is 14.8. The van der Waals surface area contributed by atoms with E-state index in [-0.39, 0.29) is 10.8 Å². The van der Waals surface area contributed by atoms with Crippen molar-refractivity contribution in [3.05, 3.63) is 20.6 Å². The summed E-state index contributed by atoms with van der Waals surface area (Å²) < 4.78 is 11.1. The van der Waals surface area contributed by atoms with E-state index in [1.54, 1.807) is 4.80 Å². The summed E-state index contributed by atoms with van der Waals surface area (Å²) in [4.78, 5) is 13.6. The van der Waals surface area contributed by atoms with Crippen LogP contribution in [0.5, 0.6) is 0 Å². The zero-order valence-corrected chi connectivity index (χ0v) is 17.9. The second-order valence-electron chi connectivity index (χ2n) is 6.50. The molecule has 2 aromatic rings. The molecule has 2 aromatic heterocycles. The van der Waals surface area contributed by atoms with Crippen LogP contribution in [0.15, 0.2) is 4.60 Å². The lowest BCUT2D eigenvalue weighted by Gasteiger charge is -2.04. The fraction of sp³-hybridized carbons (Fsp3) is 0.667. The van der Waals surface area contributed by atoms with Crippen molar-refractivity contribution < 1.29 is 19.4 Å². The van der Waals surface area contributed by atoms with Crippen molar-refractivity contribution >= 4 is 45.1 Å². The van der Waals surface area contributed by atoms with Crippen molar-refractivity contribution in [1.82, 2.24) is 30.0 Å². The van der Waals surface area contributed by atoms with Crippen LogP contribution in [0, 0.1) is 11.8 Å². The molecule has 13 heteroatoms. The van der Waals surface area contributed by atoms with Crippen molar-refractivity contribution in [3.63, 3.8) is 0 Å². The third-order valence-corrected chi connectivity index (χ3v) is 5.56. The number of ether oxygens (including phenoxy) is 2. The molecule has 2 fully saturated rings. The normalized spacial score (nSPS) is 21.5. The van der Waals surface area contributed by atoms with E-state index in [0.29, 0.717) is 34.7 Å². The zero-order chi connectivity index (χ0) is 20.1. The first-order valence-corrected chi connectivity index (χ1v) is 10.2. The van der Waals surface area contributed by atoms with Gasteiger partial charge < -0.3 is 14.6 Å². The van der Waals surface area contributed by atoms with Gasteiger partial charge in [0.15, 0.2) is 14.9 Å². The Kier molecular flexibility index (Phi) is 7.63. The number of hydrogen-bond donors (Lipinski definition) is 1. The minimum absolute atomic E-state index is 0.0681. The van der Waals surface area contributed by atoms with Gasteiger partial charge in [-0.1, -0.05) is 23.2 Å². The van der Waals surface area contributed by atoms with E-state index >= 15 is 0 Å². The molecular weight excluding hydrogens is 479 g/mol. The third kappa shape index (κ3) is 5.86. The lowest BCUT2D eigenvalue weighted by molar-refractivity contribution is 0.0689. The molecule has 2 unspecified atom stereocenters. The van der Waals surface area contributed by atoms with Crippen molar-refractivity contribution in [2.75, 3.05) is 26.4 Å². The molecule has 2 aliphatic heterocycles. The first-order chi connectivity index (χ1) is 13.4. The van der Waals surface area contributed by atoms with E-state index < -0.39 is 5.97 Å². The second kappa shape index (κ2) is 9.97. The molecule has 0 aromatic carbocycles. The quantitative estimate of drug-likeness (QED) is 0.669. The lowest BCUT2D eigenvalue weighted by atomic mass is 10.1. The number of carbonyl (C=O) groups is 1. The molecule has 0 amide bonds. The predicted molar refractivity (Wildman–Crippen MR) is 103 cm³/mol. The van der Waals surface area contributed by atoms with Crippen LogP contribution in [0.4, 0.5) is 0 Å². The molecule has 0 radical (unpaired) electrons. The molecule has 0 spiro atoms. The van der Waals surface area contributed by atoms with Crippen LogP contribution in [0.1, 0.15) is 23.3 Å². The van der Waals surface area contributed by atoms with Crippen molar-refractivity contribution in [3.8, 4) is 0 Å². The van der Waals surface area contributed by atoms with Gasteiger partial charge in [0.2, 0.25) is 5.69 Å². The predicted octanol–water partition coefficient (Wildman–Crippen LogP) is 2.40. The molecule has 28 heavy (non-hydrogen) atoms. The van der Waals surface area contributed by atoms with E-state index in [2.05, 4.69) is 36.3 Å². The van der Waals surface area contributed by atoms with Crippen molar-refractivity contribution in [2.24, 2.45) is 11.8 Å². The van der Waals surface area contributed by atoms with Crippen molar-refractivity contribution in [2.45, 2.75) is 25.9 Å². The highest BCUT2D eigenvalue weighted by molar-refractivity contribution is 9.10. The summed E-state index contributed by atoms with van der Waals surface area (Å²) in [5.41, 5.74) is -0.199. The van der Waals surface area contributed by atoms with Gasteiger partial charge in [0.05, 0.1) is 26.3 Å². The Balaban J connectivity index is 0.000000162. The topological polar surface area (TPSA) is 117 Å². The van der Waals surface area contributed by atoms with E-state index in [9.17, 15) is 4.79 Å². The largest absolute Gasteiger partial charge is 0.476 e. The van der Waals surface area contributed by atoms with Crippen LogP contribution < -0.4 is 0 Å². The van der Waals surface area contributed by atoms with Gasteiger partial charge in [-0.05, 0) is 28.8 Å². The van der Waals surface area contributed by atoms with E-state index in [1.807, 2.05) is 0 Å². The standard InChI is InChI=1S/C8H10ClN3O3.C7H9BrClN3O/c9-7-6(8(13)14)10-12(11-7)3-5-1-2-15-4-5;8-6-7(9)11-12(10-6)3-5-1-2-13-4-5/h5H,1-4H2,(H,13,14);5H,1-4H2. The van der Waals surface area contributed by atoms with Crippen molar-refractivity contribution in [1.29, 1.82) is 0 Å². The Morgan fingerprint density at radius 3 is 1.93 bits per heavy atom. The Bertz CT molecular complexity index is 785. The monoisotopic (exact) mass is 496 g/mol. The molecule has 2 aliphatic rings. The molecule has 4 heterocycles. The number of aromatic nitrogens is 6. The molecule has 1 N–H and O–H groups in total. The van der Waals surface area contributed by atoms with Gasteiger partial charge in [-0.3, -0.25) is 0 Å². The fourth-order valence-electron chi connectivity index (χ4n) is 2.85. The number of carboxylic acid groups (broad SMARTS) is 1. The van der Waals surface area contributed by atoms with Gasteiger partial charge >= 0.3 is 5.97 Å². The second-order valence-corrected chi connectivity index (χ2v) is 7.96. The number of hydrogen-bond acceptors (Lipinski definition) is 7.